The lowest BCUT2D eigenvalue weighted by molar-refractivity contribution is -0.151. The molecule has 0 aliphatic carbocycles. The molecule has 0 aromatic heterocycles. The molecule has 3 rings (SSSR count). The molecule has 26 heavy (non-hydrogen) atoms. The molecular weight excluding hydrogens is 330 g/mol. The van der Waals surface area contributed by atoms with Gasteiger partial charge in [-0.2, -0.15) is 0 Å². The van der Waals surface area contributed by atoms with Gasteiger partial charge in [0.25, 0.3) is 0 Å². The topological polar surface area (TPSA) is 63.7 Å². The summed E-state index contributed by atoms with van der Waals surface area (Å²) in [5.41, 5.74) is 1.52. The van der Waals surface area contributed by atoms with Crippen molar-refractivity contribution in [2.75, 3.05) is 6.54 Å². The van der Waals surface area contributed by atoms with Crippen molar-refractivity contribution in [3.63, 3.8) is 0 Å². The van der Waals surface area contributed by atoms with Crippen molar-refractivity contribution in [3.05, 3.63) is 71.8 Å². The molecule has 1 saturated heterocycles. The molecule has 1 amide bonds. The Labute approximate surface area is 152 Å². The zero-order valence-electron chi connectivity index (χ0n) is 14.6. The highest BCUT2D eigenvalue weighted by molar-refractivity contribution is 6.00. The van der Waals surface area contributed by atoms with Crippen molar-refractivity contribution in [2.45, 2.75) is 26.0 Å². The van der Waals surface area contributed by atoms with E-state index < -0.39 is 18.0 Å². The van der Waals surface area contributed by atoms with Crippen LogP contribution in [0.3, 0.4) is 0 Å². The SMILES string of the molecule is CC(OC(=O)C1CC(=O)N(Cc2ccccc2)C1)C(=O)c1ccccc1. The van der Waals surface area contributed by atoms with Crippen LogP contribution in [-0.2, 0) is 20.9 Å². The van der Waals surface area contributed by atoms with Gasteiger partial charge in [0.1, 0.15) is 0 Å². The van der Waals surface area contributed by atoms with Crippen LogP contribution in [0.4, 0.5) is 0 Å². The summed E-state index contributed by atoms with van der Waals surface area (Å²) in [7, 11) is 0. The monoisotopic (exact) mass is 351 g/mol. The van der Waals surface area contributed by atoms with E-state index in [1.165, 1.54) is 0 Å². The number of amides is 1. The fourth-order valence-corrected chi connectivity index (χ4v) is 3.05. The van der Waals surface area contributed by atoms with Crippen LogP contribution in [0.2, 0.25) is 0 Å². The molecule has 1 aliphatic heterocycles. The number of carbonyl (C=O) groups is 3. The maximum absolute atomic E-state index is 12.4. The highest BCUT2D eigenvalue weighted by Gasteiger charge is 2.36. The molecule has 2 unspecified atom stereocenters. The molecule has 1 heterocycles. The number of benzene rings is 2. The van der Waals surface area contributed by atoms with Gasteiger partial charge in [0.05, 0.1) is 5.92 Å². The summed E-state index contributed by atoms with van der Waals surface area (Å²) >= 11 is 0. The van der Waals surface area contributed by atoms with Crippen LogP contribution >= 0.6 is 0 Å². The first-order valence-corrected chi connectivity index (χ1v) is 8.66. The van der Waals surface area contributed by atoms with Gasteiger partial charge in [-0.15, -0.1) is 0 Å². The molecule has 2 atom stereocenters. The predicted octanol–water partition coefficient (Wildman–Crippen LogP) is 2.85. The van der Waals surface area contributed by atoms with E-state index in [0.29, 0.717) is 18.7 Å². The van der Waals surface area contributed by atoms with E-state index in [1.807, 2.05) is 36.4 Å². The number of carbonyl (C=O) groups excluding carboxylic acids is 3. The molecule has 1 fully saturated rings. The van der Waals surface area contributed by atoms with E-state index in [0.717, 1.165) is 5.56 Å². The minimum atomic E-state index is -0.872. The Morgan fingerprint density at radius 2 is 1.69 bits per heavy atom. The van der Waals surface area contributed by atoms with Crippen molar-refractivity contribution in [3.8, 4) is 0 Å². The maximum Gasteiger partial charge on any atom is 0.311 e. The average Bonchev–Trinajstić information content (AvgIpc) is 3.03. The summed E-state index contributed by atoms with van der Waals surface area (Å²) in [6, 6.07) is 18.4. The lowest BCUT2D eigenvalue weighted by Crippen LogP contribution is -2.30. The van der Waals surface area contributed by atoms with Gasteiger partial charge in [-0.3, -0.25) is 14.4 Å². The first kappa shape index (κ1) is 17.9. The highest BCUT2D eigenvalue weighted by Crippen LogP contribution is 2.22. The first-order valence-electron chi connectivity index (χ1n) is 8.66. The van der Waals surface area contributed by atoms with E-state index in [-0.39, 0.29) is 18.1 Å². The largest absolute Gasteiger partial charge is 0.454 e. The maximum atomic E-state index is 12.4. The number of ether oxygens (including phenoxy) is 1. The van der Waals surface area contributed by atoms with Crippen molar-refractivity contribution < 1.29 is 19.1 Å². The Bertz CT molecular complexity index is 788. The molecule has 134 valence electrons. The molecule has 1 aliphatic rings. The zero-order chi connectivity index (χ0) is 18.5. The molecular formula is C21H21NO4. The van der Waals surface area contributed by atoms with Gasteiger partial charge in [-0.1, -0.05) is 60.7 Å². The normalized spacial score (nSPS) is 17.8. The van der Waals surface area contributed by atoms with E-state index in [1.54, 1.807) is 36.1 Å². The van der Waals surface area contributed by atoms with Crippen LogP contribution in [0.1, 0.15) is 29.3 Å². The molecule has 2 aromatic carbocycles. The lowest BCUT2D eigenvalue weighted by atomic mass is 10.1. The highest BCUT2D eigenvalue weighted by atomic mass is 16.5. The van der Waals surface area contributed by atoms with Crippen LogP contribution in [-0.4, -0.2) is 35.2 Å². The molecule has 5 nitrogen and oxygen atoms in total. The Morgan fingerprint density at radius 3 is 2.35 bits per heavy atom. The number of likely N-dealkylation sites (tertiary alicyclic amines) is 1. The molecule has 0 radical (unpaired) electrons. The van der Waals surface area contributed by atoms with Crippen LogP contribution in [0.15, 0.2) is 60.7 Å². The summed E-state index contributed by atoms with van der Waals surface area (Å²) in [4.78, 5) is 38.5. The van der Waals surface area contributed by atoms with Crippen LogP contribution in [0.5, 0.6) is 0 Å². The number of ketones is 1. The van der Waals surface area contributed by atoms with Gasteiger partial charge in [0, 0.05) is 25.1 Å². The van der Waals surface area contributed by atoms with Gasteiger partial charge in [0.2, 0.25) is 11.7 Å². The third kappa shape index (κ3) is 4.17. The van der Waals surface area contributed by atoms with Gasteiger partial charge in [0.15, 0.2) is 6.10 Å². The Morgan fingerprint density at radius 1 is 1.08 bits per heavy atom. The zero-order valence-corrected chi connectivity index (χ0v) is 14.6. The molecule has 0 spiro atoms. The minimum absolute atomic E-state index is 0.0714. The lowest BCUT2D eigenvalue weighted by Gasteiger charge is -2.17. The Balaban J connectivity index is 1.57. The van der Waals surface area contributed by atoms with Crippen molar-refractivity contribution in [1.82, 2.24) is 4.90 Å². The minimum Gasteiger partial charge on any atom is -0.454 e. The van der Waals surface area contributed by atoms with Crippen LogP contribution in [0.25, 0.3) is 0 Å². The summed E-state index contributed by atoms with van der Waals surface area (Å²) in [5, 5.41) is 0. The predicted molar refractivity (Wildman–Crippen MR) is 96.3 cm³/mol. The second-order valence-electron chi connectivity index (χ2n) is 6.47. The van der Waals surface area contributed by atoms with Gasteiger partial charge in [-0.25, -0.2) is 0 Å². The van der Waals surface area contributed by atoms with Gasteiger partial charge < -0.3 is 9.64 Å². The summed E-state index contributed by atoms with van der Waals surface area (Å²) < 4.78 is 5.33. The quantitative estimate of drug-likeness (QED) is 0.593. The first-order chi connectivity index (χ1) is 12.5. The van der Waals surface area contributed by atoms with E-state index >= 15 is 0 Å². The number of esters is 1. The number of rotatable bonds is 6. The molecule has 0 saturated carbocycles. The summed E-state index contributed by atoms with van der Waals surface area (Å²) in [6.07, 6.45) is -0.749. The second-order valence-corrected chi connectivity index (χ2v) is 6.47. The average molecular weight is 351 g/mol. The molecule has 0 N–H and O–H groups in total. The number of hydrogen-bond acceptors (Lipinski definition) is 4. The van der Waals surface area contributed by atoms with Crippen molar-refractivity contribution in [2.24, 2.45) is 5.92 Å². The van der Waals surface area contributed by atoms with Crippen LogP contribution < -0.4 is 0 Å². The van der Waals surface area contributed by atoms with Crippen LogP contribution in [0, 0.1) is 5.92 Å². The van der Waals surface area contributed by atoms with E-state index in [9.17, 15) is 14.4 Å². The van der Waals surface area contributed by atoms with Crippen molar-refractivity contribution >= 4 is 17.7 Å². The summed E-state index contributed by atoms with van der Waals surface area (Å²) in [5.74, 6) is -1.34. The fourth-order valence-electron chi connectivity index (χ4n) is 3.05. The van der Waals surface area contributed by atoms with Crippen molar-refractivity contribution in [1.29, 1.82) is 0 Å². The Hall–Kier alpha value is -2.95. The second kappa shape index (κ2) is 7.95. The third-order valence-electron chi connectivity index (χ3n) is 4.48. The van der Waals surface area contributed by atoms with Gasteiger partial charge in [-0.05, 0) is 12.5 Å². The Kier molecular flexibility index (Phi) is 5.46. The number of Topliss-reactive ketones (excluding diaryl/α,β-unsaturated/α-hetero) is 1. The van der Waals surface area contributed by atoms with E-state index in [2.05, 4.69) is 0 Å². The molecule has 2 aromatic rings. The van der Waals surface area contributed by atoms with Gasteiger partial charge >= 0.3 is 5.97 Å². The number of hydrogen-bond donors (Lipinski definition) is 0. The standard InChI is InChI=1S/C21H21NO4/c1-15(20(24)17-10-6-3-7-11-17)26-21(25)18-12-19(23)22(14-18)13-16-8-4-2-5-9-16/h2-11,15,18H,12-14H2,1H3. The number of nitrogens with zero attached hydrogens (tertiary/aromatic N) is 1. The fraction of sp³-hybridized carbons (Fsp3) is 0.286. The van der Waals surface area contributed by atoms with E-state index in [4.69, 9.17) is 4.74 Å². The smallest absolute Gasteiger partial charge is 0.311 e. The third-order valence-corrected chi connectivity index (χ3v) is 4.48. The summed E-state index contributed by atoms with van der Waals surface area (Å²) in [6.45, 7) is 2.35. The molecule has 0 bridgehead atoms. The molecule has 5 heteroatoms.